The molecule has 8 nitrogen and oxygen atoms in total. The van der Waals surface area contributed by atoms with Gasteiger partial charge < -0.3 is 19.5 Å². The Kier molecular flexibility index (Phi) is 12.9. The normalized spacial score (nSPS) is 12.4. The van der Waals surface area contributed by atoms with Gasteiger partial charge in [-0.1, -0.05) is 91.0 Å². The first-order chi connectivity index (χ1) is 20.6. The van der Waals surface area contributed by atoms with Crippen LogP contribution in [-0.4, -0.2) is 37.2 Å². The van der Waals surface area contributed by atoms with Crippen LogP contribution in [0.25, 0.3) is 0 Å². The zero-order chi connectivity index (χ0) is 31.1. The molecule has 0 heterocycles. The summed E-state index contributed by atoms with van der Waals surface area (Å²) in [5.41, 5.74) is 2.00. The molecule has 0 saturated carbocycles. The number of hydrogen-bond donors (Lipinski definition) is 1. The Morgan fingerprint density at radius 3 is 1.72 bits per heavy atom. The molecule has 0 aliphatic rings. The zero-order valence-electron chi connectivity index (χ0n) is 25.1. The molecular weight excluding hydrogens is 546 g/mol. The summed E-state index contributed by atoms with van der Waals surface area (Å²) in [4.78, 5) is 51.1. The van der Waals surface area contributed by atoms with Crippen molar-refractivity contribution >= 4 is 23.8 Å². The van der Waals surface area contributed by atoms with Crippen LogP contribution >= 0.6 is 0 Å². The lowest BCUT2D eigenvalue weighted by atomic mass is 9.85. The van der Waals surface area contributed by atoms with Gasteiger partial charge in [0, 0.05) is 12.5 Å². The molecule has 3 rings (SSSR count). The van der Waals surface area contributed by atoms with Gasteiger partial charge in [0.15, 0.2) is 0 Å². The predicted molar refractivity (Wildman–Crippen MR) is 162 cm³/mol. The Labute approximate surface area is 253 Å². The van der Waals surface area contributed by atoms with Crippen molar-refractivity contribution < 1.29 is 33.4 Å². The standard InChI is InChI=1S/C35H41NO7/c1-35(2,3)34(40)43-25-42-33(39)30(22-27-15-9-5-10-16-27)23-29(21-26-13-7-4-8-14-26)32(38)36-20-19-31(37)41-24-28-17-11-6-12-18-28/h4-18,29-30H,19-25H2,1-3H3,(H,36,38)/t29-,30-/m0/s1. The van der Waals surface area contributed by atoms with Gasteiger partial charge in [-0.3, -0.25) is 19.2 Å². The van der Waals surface area contributed by atoms with E-state index < -0.39 is 42.0 Å². The van der Waals surface area contributed by atoms with Gasteiger partial charge in [-0.25, -0.2) is 0 Å². The fraction of sp³-hybridized carbons (Fsp3) is 0.371. The Bertz CT molecular complexity index is 1300. The van der Waals surface area contributed by atoms with Crippen LogP contribution in [-0.2, 0) is 52.8 Å². The van der Waals surface area contributed by atoms with E-state index in [2.05, 4.69) is 5.32 Å². The molecule has 43 heavy (non-hydrogen) atoms. The number of esters is 3. The monoisotopic (exact) mass is 587 g/mol. The number of amides is 1. The summed E-state index contributed by atoms with van der Waals surface area (Å²) in [7, 11) is 0. The Morgan fingerprint density at radius 1 is 0.674 bits per heavy atom. The highest BCUT2D eigenvalue weighted by atomic mass is 16.7. The van der Waals surface area contributed by atoms with Crippen molar-refractivity contribution in [1.29, 1.82) is 0 Å². The minimum Gasteiger partial charge on any atom is -0.461 e. The number of benzene rings is 3. The maximum Gasteiger partial charge on any atom is 0.314 e. The summed E-state index contributed by atoms with van der Waals surface area (Å²) in [6.07, 6.45) is 0.950. The lowest BCUT2D eigenvalue weighted by Crippen LogP contribution is -2.36. The lowest BCUT2D eigenvalue weighted by molar-refractivity contribution is -0.175. The van der Waals surface area contributed by atoms with E-state index >= 15 is 0 Å². The molecule has 3 aromatic rings. The third-order valence-corrected chi connectivity index (χ3v) is 6.80. The molecule has 0 saturated heterocycles. The van der Waals surface area contributed by atoms with Crippen LogP contribution in [0.5, 0.6) is 0 Å². The van der Waals surface area contributed by atoms with E-state index in [1.54, 1.807) is 20.8 Å². The van der Waals surface area contributed by atoms with Crippen molar-refractivity contribution in [2.24, 2.45) is 17.3 Å². The smallest absolute Gasteiger partial charge is 0.314 e. The van der Waals surface area contributed by atoms with Crippen LogP contribution in [0.2, 0.25) is 0 Å². The zero-order valence-corrected chi connectivity index (χ0v) is 25.1. The first-order valence-corrected chi connectivity index (χ1v) is 14.5. The van der Waals surface area contributed by atoms with Crippen molar-refractivity contribution in [3.63, 3.8) is 0 Å². The minimum absolute atomic E-state index is 0.0191. The van der Waals surface area contributed by atoms with Crippen molar-refractivity contribution in [2.75, 3.05) is 13.3 Å². The molecule has 228 valence electrons. The van der Waals surface area contributed by atoms with Crippen LogP contribution in [0.3, 0.4) is 0 Å². The largest absolute Gasteiger partial charge is 0.461 e. The average molecular weight is 588 g/mol. The SMILES string of the molecule is CC(C)(C)C(=O)OCOC(=O)[C@@H](Cc1ccccc1)C[C@H](Cc1ccccc1)C(=O)NCCC(=O)OCc1ccccc1. The summed E-state index contributed by atoms with van der Waals surface area (Å²) < 4.78 is 15.8. The molecule has 0 aliphatic carbocycles. The highest BCUT2D eigenvalue weighted by Crippen LogP contribution is 2.24. The number of carbonyl (C=O) groups excluding carboxylic acids is 4. The van der Waals surface area contributed by atoms with Gasteiger partial charge in [-0.2, -0.15) is 0 Å². The number of rotatable bonds is 15. The molecule has 8 heteroatoms. The van der Waals surface area contributed by atoms with Gasteiger partial charge in [0.25, 0.3) is 0 Å². The van der Waals surface area contributed by atoms with E-state index in [1.165, 1.54) is 0 Å². The molecule has 2 atom stereocenters. The summed E-state index contributed by atoms with van der Waals surface area (Å²) in [6, 6.07) is 28.4. The molecule has 0 radical (unpaired) electrons. The summed E-state index contributed by atoms with van der Waals surface area (Å²) >= 11 is 0. The number of ether oxygens (including phenoxy) is 3. The van der Waals surface area contributed by atoms with E-state index in [1.807, 2.05) is 91.0 Å². The van der Waals surface area contributed by atoms with E-state index in [0.717, 1.165) is 16.7 Å². The van der Waals surface area contributed by atoms with Crippen molar-refractivity contribution in [2.45, 2.75) is 53.1 Å². The van der Waals surface area contributed by atoms with Crippen molar-refractivity contribution in [3.05, 3.63) is 108 Å². The molecule has 0 bridgehead atoms. The lowest BCUT2D eigenvalue weighted by Gasteiger charge is -2.23. The quantitative estimate of drug-likeness (QED) is 0.187. The van der Waals surface area contributed by atoms with Gasteiger partial charge in [-0.05, 0) is 56.7 Å². The number of carbonyl (C=O) groups is 4. The Balaban J connectivity index is 1.66. The molecule has 0 aliphatic heterocycles. The molecule has 3 aromatic carbocycles. The van der Waals surface area contributed by atoms with Gasteiger partial charge >= 0.3 is 17.9 Å². The summed E-state index contributed by atoms with van der Waals surface area (Å²) in [6.45, 7) is 4.91. The fourth-order valence-corrected chi connectivity index (χ4v) is 4.40. The maximum atomic E-state index is 13.4. The molecule has 0 unspecified atom stereocenters. The predicted octanol–water partition coefficient (Wildman–Crippen LogP) is 5.43. The topological polar surface area (TPSA) is 108 Å². The van der Waals surface area contributed by atoms with Gasteiger partial charge in [0.05, 0.1) is 17.8 Å². The van der Waals surface area contributed by atoms with E-state index in [4.69, 9.17) is 14.2 Å². The molecular formula is C35H41NO7. The van der Waals surface area contributed by atoms with Gasteiger partial charge in [0.2, 0.25) is 12.7 Å². The van der Waals surface area contributed by atoms with Crippen molar-refractivity contribution in [3.8, 4) is 0 Å². The highest BCUT2D eigenvalue weighted by molar-refractivity contribution is 5.81. The van der Waals surface area contributed by atoms with E-state index in [9.17, 15) is 19.2 Å². The van der Waals surface area contributed by atoms with Crippen LogP contribution in [0.15, 0.2) is 91.0 Å². The molecule has 1 amide bonds. The Hall–Kier alpha value is -4.46. The second-order valence-corrected chi connectivity index (χ2v) is 11.5. The molecule has 0 fully saturated rings. The molecule has 1 N–H and O–H groups in total. The summed E-state index contributed by atoms with van der Waals surface area (Å²) in [5, 5.41) is 2.85. The average Bonchev–Trinajstić information content (AvgIpc) is 3.00. The maximum absolute atomic E-state index is 13.4. The third kappa shape index (κ3) is 12.1. The first-order valence-electron chi connectivity index (χ1n) is 14.5. The summed E-state index contributed by atoms with van der Waals surface area (Å²) in [5.74, 6) is -2.99. The third-order valence-electron chi connectivity index (χ3n) is 6.80. The minimum atomic E-state index is -0.733. The van der Waals surface area contributed by atoms with Gasteiger partial charge in [0.1, 0.15) is 6.61 Å². The second-order valence-electron chi connectivity index (χ2n) is 11.5. The van der Waals surface area contributed by atoms with Crippen LogP contribution < -0.4 is 5.32 Å². The highest BCUT2D eigenvalue weighted by Gasteiger charge is 2.30. The van der Waals surface area contributed by atoms with Crippen molar-refractivity contribution in [1.82, 2.24) is 5.32 Å². The Morgan fingerprint density at radius 2 is 1.19 bits per heavy atom. The van der Waals surface area contributed by atoms with E-state index in [-0.39, 0.29) is 31.9 Å². The number of hydrogen-bond acceptors (Lipinski definition) is 7. The number of nitrogens with one attached hydrogen (secondary N) is 1. The molecule has 0 aromatic heterocycles. The fourth-order valence-electron chi connectivity index (χ4n) is 4.40. The first kappa shape index (κ1) is 33.0. The van der Waals surface area contributed by atoms with Crippen LogP contribution in [0, 0.1) is 17.3 Å². The van der Waals surface area contributed by atoms with Crippen LogP contribution in [0.1, 0.15) is 50.3 Å². The second kappa shape index (κ2) is 16.9. The van der Waals surface area contributed by atoms with Crippen LogP contribution in [0.4, 0.5) is 0 Å². The molecule has 0 spiro atoms. The van der Waals surface area contributed by atoms with E-state index in [0.29, 0.717) is 12.8 Å². The van der Waals surface area contributed by atoms with Gasteiger partial charge in [-0.15, -0.1) is 0 Å².